The Hall–Kier alpha value is -1.81. The van der Waals surface area contributed by atoms with E-state index in [-0.39, 0.29) is 12.1 Å². The smallest absolute Gasteiger partial charge is 0.118 e. The summed E-state index contributed by atoms with van der Waals surface area (Å²) in [5.41, 5.74) is 2.33. The van der Waals surface area contributed by atoms with Crippen LogP contribution in [0, 0.1) is 0 Å². The van der Waals surface area contributed by atoms with Gasteiger partial charge in [0.05, 0.1) is 12.8 Å². The summed E-state index contributed by atoms with van der Waals surface area (Å²) in [5.74, 6) is 0.882. The third-order valence-corrected chi connectivity index (χ3v) is 3.10. The minimum Gasteiger partial charge on any atom is -0.497 e. The standard InChI is InChI=1S/C14H19N3O/c1-10(12-4-6-13(18-3)7-5-12)16-11(2)14-8-9-15-17-14/h4-11,16H,1-3H3,(H,15,17)/t10-,11?/m1/s1. The fraction of sp³-hybridized carbons (Fsp3) is 0.357. The molecule has 0 bridgehead atoms. The van der Waals surface area contributed by atoms with Crippen LogP contribution in [0.2, 0.25) is 0 Å². The molecule has 2 rings (SSSR count). The highest BCUT2D eigenvalue weighted by Gasteiger charge is 2.11. The van der Waals surface area contributed by atoms with Crippen LogP contribution in [0.5, 0.6) is 5.75 Å². The van der Waals surface area contributed by atoms with Crippen LogP contribution in [0.25, 0.3) is 0 Å². The summed E-state index contributed by atoms with van der Waals surface area (Å²) < 4.78 is 5.16. The number of ether oxygens (including phenoxy) is 1. The van der Waals surface area contributed by atoms with Crippen molar-refractivity contribution in [1.29, 1.82) is 0 Å². The van der Waals surface area contributed by atoms with Gasteiger partial charge >= 0.3 is 0 Å². The van der Waals surface area contributed by atoms with E-state index in [1.807, 2.05) is 18.2 Å². The van der Waals surface area contributed by atoms with E-state index in [2.05, 4.69) is 41.5 Å². The van der Waals surface area contributed by atoms with Gasteiger partial charge in [-0.2, -0.15) is 5.10 Å². The largest absolute Gasteiger partial charge is 0.497 e. The molecule has 2 atom stereocenters. The molecule has 0 amide bonds. The predicted molar refractivity (Wildman–Crippen MR) is 71.5 cm³/mol. The van der Waals surface area contributed by atoms with E-state index in [9.17, 15) is 0 Å². The molecule has 1 aromatic heterocycles. The van der Waals surface area contributed by atoms with E-state index < -0.39 is 0 Å². The average Bonchev–Trinajstić information content (AvgIpc) is 2.92. The summed E-state index contributed by atoms with van der Waals surface area (Å²) in [6.07, 6.45) is 1.77. The Kier molecular flexibility index (Phi) is 3.99. The van der Waals surface area contributed by atoms with E-state index in [4.69, 9.17) is 4.74 Å². The lowest BCUT2D eigenvalue weighted by molar-refractivity contribution is 0.414. The van der Waals surface area contributed by atoms with Crippen LogP contribution in [0.15, 0.2) is 36.5 Å². The molecule has 1 aromatic carbocycles. The molecule has 1 heterocycles. The van der Waals surface area contributed by atoms with Crippen molar-refractivity contribution in [2.75, 3.05) is 7.11 Å². The molecule has 18 heavy (non-hydrogen) atoms. The predicted octanol–water partition coefficient (Wildman–Crippen LogP) is 2.83. The zero-order valence-corrected chi connectivity index (χ0v) is 11.0. The van der Waals surface area contributed by atoms with Gasteiger partial charge in [0.15, 0.2) is 0 Å². The SMILES string of the molecule is COc1ccc([C@@H](C)NC(C)c2ccn[nH]2)cc1. The first-order valence-electron chi connectivity index (χ1n) is 6.10. The Morgan fingerprint density at radius 1 is 1.11 bits per heavy atom. The first-order chi connectivity index (χ1) is 8.70. The molecule has 1 unspecified atom stereocenters. The Morgan fingerprint density at radius 3 is 2.39 bits per heavy atom. The summed E-state index contributed by atoms with van der Waals surface area (Å²) in [7, 11) is 1.68. The molecule has 2 aromatic rings. The van der Waals surface area contributed by atoms with Gasteiger partial charge in [-0.25, -0.2) is 0 Å². The summed E-state index contributed by atoms with van der Waals surface area (Å²) >= 11 is 0. The highest BCUT2D eigenvalue weighted by Crippen LogP contribution is 2.20. The maximum absolute atomic E-state index is 5.16. The highest BCUT2D eigenvalue weighted by atomic mass is 16.5. The number of aromatic nitrogens is 2. The molecule has 4 heteroatoms. The number of nitrogens with one attached hydrogen (secondary N) is 2. The lowest BCUT2D eigenvalue weighted by atomic mass is 10.1. The molecule has 4 nitrogen and oxygen atoms in total. The topological polar surface area (TPSA) is 49.9 Å². The molecule has 0 radical (unpaired) electrons. The van der Waals surface area contributed by atoms with Gasteiger partial charge in [0, 0.05) is 18.3 Å². The molecular formula is C14H19N3O. The number of hydrogen-bond donors (Lipinski definition) is 2. The summed E-state index contributed by atoms with van der Waals surface area (Å²) in [6.45, 7) is 4.27. The van der Waals surface area contributed by atoms with Crippen molar-refractivity contribution in [3.63, 3.8) is 0 Å². The second kappa shape index (κ2) is 5.69. The van der Waals surface area contributed by atoms with Crippen molar-refractivity contribution in [1.82, 2.24) is 15.5 Å². The summed E-state index contributed by atoms with van der Waals surface area (Å²) in [5, 5.41) is 10.5. The van der Waals surface area contributed by atoms with Crippen molar-refractivity contribution >= 4 is 0 Å². The molecule has 0 aliphatic heterocycles. The second-order valence-electron chi connectivity index (χ2n) is 4.40. The summed E-state index contributed by atoms with van der Waals surface area (Å²) in [4.78, 5) is 0. The van der Waals surface area contributed by atoms with Gasteiger partial charge in [-0.1, -0.05) is 12.1 Å². The third kappa shape index (κ3) is 2.90. The molecule has 0 fully saturated rings. The molecule has 2 N–H and O–H groups in total. The minimum absolute atomic E-state index is 0.240. The van der Waals surface area contributed by atoms with Crippen molar-refractivity contribution in [2.24, 2.45) is 0 Å². The van der Waals surface area contributed by atoms with Crippen LogP contribution in [0.4, 0.5) is 0 Å². The lowest BCUT2D eigenvalue weighted by Gasteiger charge is -2.19. The fourth-order valence-corrected chi connectivity index (χ4v) is 1.96. The minimum atomic E-state index is 0.240. The van der Waals surface area contributed by atoms with Crippen LogP contribution in [-0.4, -0.2) is 17.3 Å². The van der Waals surface area contributed by atoms with Crippen molar-refractivity contribution < 1.29 is 4.74 Å². The first-order valence-corrected chi connectivity index (χ1v) is 6.10. The second-order valence-corrected chi connectivity index (χ2v) is 4.40. The van der Waals surface area contributed by atoms with Crippen LogP contribution >= 0.6 is 0 Å². The quantitative estimate of drug-likeness (QED) is 0.851. The van der Waals surface area contributed by atoms with Crippen LogP contribution in [0.3, 0.4) is 0 Å². The van der Waals surface area contributed by atoms with E-state index in [1.165, 1.54) is 5.56 Å². The molecule has 0 aliphatic carbocycles. The maximum atomic E-state index is 5.16. The van der Waals surface area contributed by atoms with Gasteiger partial charge < -0.3 is 10.1 Å². The average molecular weight is 245 g/mol. The molecule has 0 aliphatic rings. The normalized spacial score (nSPS) is 14.2. The monoisotopic (exact) mass is 245 g/mol. The Labute approximate surface area is 107 Å². The van der Waals surface area contributed by atoms with Crippen LogP contribution in [-0.2, 0) is 0 Å². The number of hydrogen-bond acceptors (Lipinski definition) is 3. The number of nitrogens with zero attached hydrogens (tertiary/aromatic N) is 1. The number of benzene rings is 1. The van der Waals surface area contributed by atoms with Gasteiger partial charge in [-0.15, -0.1) is 0 Å². The number of H-pyrrole nitrogens is 1. The van der Waals surface area contributed by atoms with Crippen molar-refractivity contribution in [3.05, 3.63) is 47.8 Å². The number of methoxy groups -OCH3 is 1. The third-order valence-electron chi connectivity index (χ3n) is 3.10. The van der Waals surface area contributed by atoms with E-state index in [1.54, 1.807) is 13.3 Å². The van der Waals surface area contributed by atoms with Gasteiger partial charge in [-0.05, 0) is 37.6 Å². The Morgan fingerprint density at radius 2 is 1.83 bits per heavy atom. The molecule has 0 saturated carbocycles. The molecule has 96 valence electrons. The maximum Gasteiger partial charge on any atom is 0.118 e. The first kappa shape index (κ1) is 12.6. The van der Waals surface area contributed by atoms with Crippen LogP contribution < -0.4 is 10.1 Å². The van der Waals surface area contributed by atoms with Crippen molar-refractivity contribution in [3.8, 4) is 5.75 Å². The van der Waals surface area contributed by atoms with E-state index in [0.29, 0.717) is 0 Å². The van der Waals surface area contributed by atoms with E-state index in [0.717, 1.165) is 11.4 Å². The van der Waals surface area contributed by atoms with Gasteiger partial charge in [-0.3, -0.25) is 5.10 Å². The van der Waals surface area contributed by atoms with Crippen molar-refractivity contribution in [2.45, 2.75) is 25.9 Å². The lowest BCUT2D eigenvalue weighted by Crippen LogP contribution is -2.22. The zero-order chi connectivity index (χ0) is 13.0. The number of rotatable bonds is 5. The Bertz CT molecular complexity index is 464. The van der Waals surface area contributed by atoms with E-state index >= 15 is 0 Å². The van der Waals surface area contributed by atoms with Gasteiger partial charge in [0.2, 0.25) is 0 Å². The molecular weight excluding hydrogens is 226 g/mol. The number of aromatic amines is 1. The zero-order valence-electron chi connectivity index (χ0n) is 11.0. The fourth-order valence-electron chi connectivity index (χ4n) is 1.96. The highest BCUT2D eigenvalue weighted by molar-refractivity contribution is 5.29. The van der Waals surface area contributed by atoms with Gasteiger partial charge in [0.1, 0.15) is 5.75 Å². The summed E-state index contributed by atoms with van der Waals surface area (Å²) in [6, 6.07) is 10.6. The Balaban J connectivity index is 2.00. The van der Waals surface area contributed by atoms with Gasteiger partial charge in [0.25, 0.3) is 0 Å². The van der Waals surface area contributed by atoms with Crippen LogP contribution in [0.1, 0.15) is 37.2 Å². The molecule has 0 spiro atoms. The molecule has 0 saturated heterocycles.